The van der Waals surface area contributed by atoms with Gasteiger partial charge in [-0.3, -0.25) is 0 Å². The Balaban J connectivity index is 2.63. The fourth-order valence-electron chi connectivity index (χ4n) is 0.914. The highest BCUT2D eigenvalue weighted by Gasteiger charge is 2.14. The second kappa shape index (κ2) is 6.80. The first-order valence-corrected chi connectivity index (χ1v) is 6.12. The SMILES string of the molecule is CCOC(=O)C(Cl)/N=N/c1cccc(I)c1. The number of carbonyl (C=O) groups is 1. The molecule has 0 aliphatic rings. The van der Waals surface area contributed by atoms with Crippen molar-refractivity contribution < 1.29 is 9.53 Å². The van der Waals surface area contributed by atoms with Crippen molar-refractivity contribution >= 4 is 45.8 Å². The highest BCUT2D eigenvalue weighted by molar-refractivity contribution is 14.1. The van der Waals surface area contributed by atoms with Crippen molar-refractivity contribution in [2.45, 2.75) is 12.4 Å². The number of esters is 1. The summed E-state index contributed by atoms with van der Waals surface area (Å²) in [6, 6.07) is 7.39. The third-order valence-corrected chi connectivity index (χ3v) is 2.50. The minimum absolute atomic E-state index is 0.279. The summed E-state index contributed by atoms with van der Waals surface area (Å²) in [7, 11) is 0. The zero-order valence-corrected chi connectivity index (χ0v) is 11.5. The number of hydrogen-bond acceptors (Lipinski definition) is 4. The van der Waals surface area contributed by atoms with Crippen molar-refractivity contribution in [2.75, 3.05) is 6.61 Å². The Bertz CT molecular complexity index is 398. The summed E-state index contributed by atoms with van der Waals surface area (Å²) in [5, 5.41) is 7.52. The van der Waals surface area contributed by atoms with Gasteiger partial charge in [0, 0.05) is 3.57 Å². The van der Waals surface area contributed by atoms with Crippen LogP contribution in [0.1, 0.15) is 6.92 Å². The van der Waals surface area contributed by atoms with Gasteiger partial charge in [-0.05, 0) is 47.7 Å². The van der Waals surface area contributed by atoms with Gasteiger partial charge in [-0.2, -0.15) is 10.2 Å². The first-order chi connectivity index (χ1) is 7.63. The molecule has 0 N–H and O–H groups in total. The highest BCUT2D eigenvalue weighted by Crippen LogP contribution is 2.17. The van der Waals surface area contributed by atoms with Gasteiger partial charge in [0.05, 0.1) is 12.3 Å². The normalized spacial score (nSPS) is 12.7. The Labute approximate surface area is 112 Å². The van der Waals surface area contributed by atoms with Crippen LogP contribution in [-0.2, 0) is 9.53 Å². The van der Waals surface area contributed by atoms with Gasteiger partial charge < -0.3 is 4.74 Å². The van der Waals surface area contributed by atoms with Gasteiger partial charge in [0.2, 0.25) is 5.50 Å². The molecular weight excluding hydrogens is 342 g/mol. The van der Waals surface area contributed by atoms with Crippen LogP contribution in [0.3, 0.4) is 0 Å². The molecule has 0 fully saturated rings. The summed E-state index contributed by atoms with van der Waals surface area (Å²) in [6.07, 6.45) is 0. The highest BCUT2D eigenvalue weighted by atomic mass is 127. The summed E-state index contributed by atoms with van der Waals surface area (Å²) in [5.41, 5.74) is -0.431. The maximum Gasteiger partial charge on any atom is 0.348 e. The molecule has 0 saturated heterocycles. The van der Waals surface area contributed by atoms with Crippen LogP contribution in [0.2, 0.25) is 0 Å². The molecule has 1 aromatic rings. The van der Waals surface area contributed by atoms with E-state index in [9.17, 15) is 4.79 Å². The van der Waals surface area contributed by atoms with E-state index in [4.69, 9.17) is 11.6 Å². The first kappa shape index (κ1) is 13.4. The van der Waals surface area contributed by atoms with E-state index in [2.05, 4.69) is 37.6 Å². The molecule has 0 spiro atoms. The lowest BCUT2D eigenvalue weighted by Gasteiger charge is -2.02. The molecule has 1 aromatic carbocycles. The lowest BCUT2D eigenvalue weighted by atomic mass is 10.3. The Morgan fingerprint density at radius 2 is 2.38 bits per heavy atom. The molecule has 6 heteroatoms. The number of azo groups is 1. The molecule has 1 atom stereocenters. The molecule has 1 rings (SSSR count). The van der Waals surface area contributed by atoms with Crippen LogP contribution in [0.25, 0.3) is 0 Å². The van der Waals surface area contributed by atoms with Crippen LogP contribution in [0.5, 0.6) is 0 Å². The molecule has 0 aromatic heterocycles. The average Bonchev–Trinajstić information content (AvgIpc) is 2.26. The number of hydrogen-bond donors (Lipinski definition) is 0. The van der Waals surface area contributed by atoms with E-state index < -0.39 is 11.5 Å². The summed E-state index contributed by atoms with van der Waals surface area (Å²) in [5.74, 6) is -0.585. The van der Waals surface area contributed by atoms with Crippen LogP contribution < -0.4 is 0 Å². The molecule has 0 heterocycles. The second-order valence-electron chi connectivity index (χ2n) is 2.78. The zero-order chi connectivity index (χ0) is 12.0. The van der Waals surface area contributed by atoms with Crippen molar-refractivity contribution in [2.24, 2.45) is 10.2 Å². The lowest BCUT2D eigenvalue weighted by molar-refractivity contribution is -0.142. The Morgan fingerprint density at radius 3 is 3.00 bits per heavy atom. The fourth-order valence-corrected chi connectivity index (χ4v) is 1.55. The van der Waals surface area contributed by atoms with Crippen LogP contribution in [0, 0.1) is 3.57 Å². The van der Waals surface area contributed by atoms with E-state index >= 15 is 0 Å². The van der Waals surface area contributed by atoms with E-state index in [0.29, 0.717) is 5.69 Å². The average molecular weight is 353 g/mol. The number of benzene rings is 1. The van der Waals surface area contributed by atoms with Gasteiger partial charge in [-0.25, -0.2) is 4.79 Å². The third-order valence-electron chi connectivity index (χ3n) is 1.56. The van der Waals surface area contributed by atoms with Crippen molar-refractivity contribution in [1.29, 1.82) is 0 Å². The Morgan fingerprint density at radius 1 is 1.62 bits per heavy atom. The second-order valence-corrected chi connectivity index (χ2v) is 4.44. The monoisotopic (exact) mass is 352 g/mol. The Kier molecular flexibility index (Phi) is 5.68. The van der Waals surface area contributed by atoms with Crippen LogP contribution in [0.15, 0.2) is 34.5 Å². The number of nitrogens with zero attached hydrogens (tertiary/aromatic N) is 2. The molecule has 86 valence electrons. The predicted octanol–water partition coefficient (Wildman–Crippen LogP) is 3.50. The van der Waals surface area contributed by atoms with Crippen molar-refractivity contribution in [1.82, 2.24) is 0 Å². The van der Waals surface area contributed by atoms with Gasteiger partial charge in [-0.1, -0.05) is 17.7 Å². The van der Waals surface area contributed by atoms with Crippen molar-refractivity contribution in [3.05, 3.63) is 27.8 Å². The minimum atomic E-state index is -1.09. The van der Waals surface area contributed by atoms with Gasteiger partial charge in [0.25, 0.3) is 0 Å². The van der Waals surface area contributed by atoms with E-state index in [0.717, 1.165) is 3.57 Å². The summed E-state index contributed by atoms with van der Waals surface area (Å²) in [4.78, 5) is 11.1. The molecule has 16 heavy (non-hydrogen) atoms. The van der Waals surface area contributed by atoms with Gasteiger partial charge in [0.1, 0.15) is 0 Å². The quantitative estimate of drug-likeness (QED) is 0.274. The van der Waals surface area contributed by atoms with Gasteiger partial charge >= 0.3 is 5.97 Å². The molecule has 0 saturated carbocycles. The van der Waals surface area contributed by atoms with Crippen LogP contribution in [-0.4, -0.2) is 18.1 Å². The van der Waals surface area contributed by atoms with E-state index in [1.165, 1.54) is 0 Å². The number of ether oxygens (including phenoxy) is 1. The maximum absolute atomic E-state index is 11.1. The van der Waals surface area contributed by atoms with Crippen molar-refractivity contribution in [3.8, 4) is 0 Å². The predicted molar refractivity (Wildman–Crippen MR) is 69.9 cm³/mol. The van der Waals surface area contributed by atoms with Gasteiger partial charge in [-0.15, -0.1) is 0 Å². The first-order valence-electron chi connectivity index (χ1n) is 4.60. The summed E-state index contributed by atoms with van der Waals surface area (Å²) < 4.78 is 5.73. The number of rotatable bonds is 4. The zero-order valence-electron chi connectivity index (χ0n) is 8.56. The van der Waals surface area contributed by atoms with Gasteiger partial charge in [0.15, 0.2) is 0 Å². The topological polar surface area (TPSA) is 51.0 Å². The third kappa shape index (κ3) is 4.44. The van der Waals surface area contributed by atoms with Crippen LogP contribution >= 0.6 is 34.2 Å². The van der Waals surface area contributed by atoms with E-state index in [-0.39, 0.29) is 6.61 Å². The standard InChI is InChI=1S/C10H10ClIN2O2/c1-2-16-10(15)9(11)14-13-8-5-3-4-7(12)6-8/h3-6,9H,2H2,1H3/b14-13+. The number of carbonyl (C=O) groups excluding carboxylic acids is 1. The van der Waals surface area contributed by atoms with E-state index in [1.807, 2.05) is 18.2 Å². The smallest absolute Gasteiger partial charge is 0.348 e. The molecular formula is C10H10ClIN2O2. The molecule has 0 bridgehead atoms. The summed E-state index contributed by atoms with van der Waals surface area (Å²) in [6.45, 7) is 1.99. The molecule has 0 aliphatic carbocycles. The Hall–Kier alpha value is -0.690. The number of alkyl halides is 1. The molecule has 1 unspecified atom stereocenters. The molecule has 0 radical (unpaired) electrons. The maximum atomic E-state index is 11.1. The van der Waals surface area contributed by atoms with Crippen molar-refractivity contribution in [3.63, 3.8) is 0 Å². The van der Waals surface area contributed by atoms with Crippen LogP contribution in [0.4, 0.5) is 5.69 Å². The molecule has 0 aliphatic heterocycles. The molecule has 4 nitrogen and oxygen atoms in total. The molecule has 0 amide bonds. The summed E-state index contributed by atoms with van der Waals surface area (Å²) >= 11 is 7.83. The minimum Gasteiger partial charge on any atom is -0.463 e. The fraction of sp³-hybridized carbons (Fsp3) is 0.300. The number of halogens is 2. The largest absolute Gasteiger partial charge is 0.463 e. The lowest BCUT2D eigenvalue weighted by Crippen LogP contribution is -2.14. The van der Waals surface area contributed by atoms with E-state index in [1.54, 1.807) is 13.0 Å².